The Balaban J connectivity index is 1.87. The highest BCUT2D eigenvalue weighted by Gasteiger charge is 2.30. The number of nitrogens with two attached hydrogens (primary N) is 1. The number of fused-ring (bicyclic) bond motifs is 1. The van der Waals surface area contributed by atoms with Crippen LogP contribution in [0, 0.1) is 12.3 Å². The van der Waals surface area contributed by atoms with Crippen LogP contribution in [0.1, 0.15) is 36.1 Å². The first kappa shape index (κ1) is 18.6. The molecule has 0 saturated heterocycles. The molecule has 3 aromatic carbocycles. The van der Waals surface area contributed by atoms with Crippen molar-refractivity contribution in [3.8, 4) is 5.75 Å². The Morgan fingerprint density at radius 1 is 1.04 bits per heavy atom. The van der Waals surface area contributed by atoms with Gasteiger partial charge in [0.2, 0.25) is 0 Å². The van der Waals surface area contributed by atoms with Gasteiger partial charge in [0.15, 0.2) is 0 Å². The summed E-state index contributed by atoms with van der Waals surface area (Å²) in [4.78, 5) is 13.0. The lowest BCUT2D eigenvalue weighted by molar-refractivity contribution is -0.122. The van der Waals surface area contributed by atoms with Crippen molar-refractivity contribution in [1.29, 1.82) is 5.41 Å². The Kier molecular flexibility index (Phi) is 4.75. The van der Waals surface area contributed by atoms with E-state index in [0.29, 0.717) is 12.0 Å². The van der Waals surface area contributed by atoms with Gasteiger partial charge in [0, 0.05) is 17.4 Å². The maximum Gasteiger partial charge on any atom is 0.147 e. The first-order valence-corrected chi connectivity index (χ1v) is 8.89. The summed E-state index contributed by atoms with van der Waals surface area (Å²) in [6, 6.07) is 16.9. The van der Waals surface area contributed by atoms with Crippen LogP contribution in [0.3, 0.4) is 0 Å². The average molecular weight is 360 g/mol. The predicted octanol–water partition coefficient (Wildman–Crippen LogP) is 4.23. The topological polar surface area (TPSA) is 87.2 Å². The van der Waals surface area contributed by atoms with E-state index in [1.807, 2.05) is 69.3 Å². The Morgan fingerprint density at radius 3 is 2.37 bits per heavy atom. The molecule has 4 heteroatoms. The first-order chi connectivity index (χ1) is 12.7. The van der Waals surface area contributed by atoms with E-state index in [0.717, 1.165) is 27.5 Å². The minimum Gasteiger partial charge on any atom is -0.508 e. The van der Waals surface area contributed by atoms with Crippen molar-refractivity contribution in [2.75, 3.05) is 0 Å². The molecule has 0 aliphatic carbocycles. The van der Waals surface area contributed by atoms with Crippen molar-refractivity contribution in [3.05, 3.63) is 76.9 Å². The zero-order valence-corrected chi connectivity index (χ0v) is 15.8. The fourth-order valence-corrected chi connectivity index (χ4v) is 3.14. The van der Waals surface area contributed by atoms with Gasteiger partial charge < -0.3 is 10.8 Å². The molecule has 0 radical (unpaired) electrons. The van der Waals surface area contributed by atoms with Crippen molar-refractivity contribution < 1.29 is 9.90 Å². The highest BCUT2D eigenvalue weighted by Crippen LogP contribution is 2.30. The molecule has 138 valence electrons. The molecule has 4 nitrogen and oxygen atoms in total. The summed E-state index contributed by atoms with van der Waals surface area (Å²) in [5.74, 6) is 0.338. The summed E-state index contributed by atoms with van der Waals surface area (Å²) in [5, 5.41) is 19.5. The number of nitrogen functional groups attached to an aromatic ring is 1. The van der Waals surface area contributed by atoms with E-state index in [4.69, 9.17) is 11.1 Å². The molecule has 0 saturated carbocycles. The second-order valence-corrected chi connectivity index (χ2v) is 7.54. The summed E-state index contributed by atoms with van der Waals surface area (Å²) in [6.45, 7) is 5.61. The SMILES string of the molecule is Cc1ccc(C(C)(C)C(=O)Cc2ccc3cc(C(=N)N)ccc3c2)cc1O. The minimum atomic E-state index is -0.696. The van der Waals surface area contributed by atoms with Gasteiger partial charge in [0.1, 0.15) is 17.4 Å². The second kappa shape index (κ2) is 6.88. The number of carbonyl (C=O) groups is 1. The number of phenolic OH excluding ortho intramolecular Hbond substituents is 1. The van der Waals surface area contributed by atoms with E-state index in [1.54, 1.807) is 6.07 Å². The third kappa shape index (κ3) is 3.70. The molecule has 0 aromatic heterocycles. The molecule has 4 N–H and O–H groups in total. The number of ketones is 1. The van der Waals surface area contributed by atoms with E-state index in [-0.39, 0.29) is 17.4 Å². The number of hydrogen-bond acceptors (Lipinski definition) is 3. The Bertz CT molecular complexity index is 1050. The van der Waals surface area contributed by atoms with Gasteiger partial charge in [-0.3, -0.25) is 10.2 Å². The minimum absolute atomic E-state index is 0.0410. The van der Waals surface area contributed by atoms with Crippen molar-refractivity contribution in [2.45, 2.75) is 32.6 Å². The Labute approximate surface area is 159 Å². The maximum atomic E-state index is 13.0. The smallest absolute Gasteiger partial charge is 0.147 e. The molecule has 0 bridgehead atoms. The van der Waals surface area contributed by atoms with Crippen LogP contribution < -0.4 is 5.73 Å². The second-order valence-electron chi connectivity index (χ2n) is 7.54. The van der Waals surface area contributed by atoms with Crippen LogP contribution in [0.15, 0.2) is 54.6 Å². The van der Waals surface area contributed by atoms with Crippen molar-refractivity contribution in [3.63, 3.8) is 0 Å². The molecule has 0 unspecified atom stereocenters. The quantitative estimate of drug-likeness (QED) is 0.470. The summed E-state index contributed by atoms with van der Waals surface area (Å²) < 4.78 is 0. The number of amidine groups is 1. The maximum absolute atomic E-state index is 13.0. The zero-order chi connectivity index (χ0) is 19.8. The fraction of sp³-hybridized carbons (Fsp3) is 0.217. The normalized spacial score (nSPS) is 11.5. The van der Waals surface area contributed by atoms with E-state index in [2.05, 4.69) is 0 Å². The van der Waals surface area contributed by atoms with Gasteiger partial charge in [0.25, 0.3) is 0 Å². The van der Waals surface area contributed by atoms with Crippen LogP contribution >= 0.6 is 0 Å². The molecule has 3 rings (SSSR count). The van der Waals surface area contributed by atoms with Gasteiger partial charge >= 0.3 is 0 Å². The average Bonchev–Trinajstić information content (AvgIpc) is 2.63. The molecule has 0 spiro atoms. The van der Waals surface area contributed by atoms with Crippen molar-refractivity contribution in [2.24, 2.45) is 5.73 Å². The summed E-state index contributed by atoms with van der Waals surface area (Å²) in [6.07, 6.45) is 0.312. The number of hydrogen-bond donors (Lipinski definition) is 3. The van der Waals surface area contributed by atoms with Crippen LogP contribution in [0.5, 0.6) is 5.75 Å². The third-order valence-electron chi connectivity index (χ3n) is 5.21. The molecular weight excluding hydrogens is 336 g/mol. The van der Waals surface area contributed by atoms with Gasteiger partial charge in [-0.1, -0.05) is 42.5 Å². The lowest BCUT2D eigenvalue weighted by Crippen LogP contribution is -2.30. The molecular formula is C23H24N2O2. The van der Waals surface area contributed by atoms with Gasteiger partial charge in [-0.2, -0.15) is 0 Å². The molecule has 27 heavy (non-hydrogen) atoms. The van der Waals surface area contributed by atoms with E-state index in [1.165, 1.54) is 0 Å². The highest BCUT2D eigenvalue weighted by molar-refractivity contribution is 5.99. The van der Waals surface area contributed by atoms with E-state index in [9.17, 15) is 9.90 Å². The van der Waals surface area contributed by atoms with Crippen LogP contribution in [-0.4, -0.2) is 16.7 Å². The van der Waals surface area contributed by atoms with Crippen LogP contribution in [0.2, 0.25) is 0 Å². The van der Waals surface area contributed by atoms with E-state index < -0.39 is 5.41 Å². The number of rotatable bonds is 5. The zero-order valence-electron chi connectivity index (χ0n) is 15.8. The van der Waals surface area contributed by atoms with Crippen LogP contribution in [0.25, 0.3) is 10.8 Å². The fourth-order valence-electron chi connectivity index (χ4n) is 3.14. The predicted molar refractivity (Wildman–Crippen MR) is 110 cm³/mol. The van der Waals surface area contributed by atoms with Crippen LogP contribution in [0.4, 0.5) is 0 Å². The highest BCUT2D eigenvalue weighted by atomic mass is 16.3. The van der Waals surface area contributed by atoms with Gasteiger partial charge in [0.05, 0.1) is 0 Å². The lowest BCUT2D eigenvalue weighted by Gasteiger charge is -2.24. The monoisotopic (exact) mass is 360 g/mol. The Hall–Kier alpha value is -3.14. The molecule has 0 amide bonds. The molecule has 0 aliphatic rings. The molecule has 0 aliphatic heterocycles. The van der Waals surface area contributed by atoms with Gasteiger partial charge in [-0.05, 0) is 60.4 Å². The molecule has 0 atom stereocenters. The van der Waals surface area contributed by atoms with Gasteiger partial charge in [-0.15, -0.1) is 0 Å². The molecule has 3 aromatic rings. The summed E-state index contributed by atoms with van der Waals surface area (Å²) >= 11 is 0. The van der Waals surface area contributed by atoms with E-state index >= 15 is 0 Å². The standard InChI is InChI=1S/C23H24N2O2/c1-14-4-9-19(13-20(14)26)23(2,3)21(27)11-15-5-6-17-12-18(22(24)25)8-7-16(17)10-15/h4-10,12-13,26H,11H2,1-3H3,(H3,24,25). The number of aromatic hydroxyl groups is 1. The first-order valence-electron chi connectivity index (χ1n) is 8.89. The number of carbonyl (C=O) groups excluding carboxylic acids is 1. The molecule has 0 heterocycles. The number of nitrogens with one attached hydrogen (secondary N) is 1. The van der Waals surface area contributed by atoms with Crippen molar-refractivity contribution >= 4 is 22.4 Å². The Morgan fingerprint density at radius 2 is 1.70 bits per heavy atom. The summed E-state index contributed by atoms with van der Waals surface area (Å²) in [5.41, 5.74) is 8.07. The largest absolute Gasteiger partial charge is 0.508 e. The summed E-state index contributed by atoms with van der Waals surface area (Å²) in [7, 11) is 0. The number of aryl methyl sites for hydroxylation is 1. The van der Waals surface area contributed by atoms with Crippen LogP contribution in [-0.2, 0) is 16.6 Å². The lowest BCUT2D eigenvalue weighted by atomic mass is 9.78. The number of phenols is 1. The number of benzene rings is 3. The third-order valence-corrected chi connectivity index (χ3v) is 5.21. The van der Waals surface area contributed by atoms with Crippen molar-refractivity contribution in [1.82, 2.24) is 0 Å². The van der Waals surface area contributed by atoms with Gasteiger partial charge in [-0.25, -0.2) is 0 Å². The number of Topliss-reactive ketones (excluding diaryl/α,β-unsaturated/α-hetero) is 1. The molecule has 0 fully saturated rings.